The highest BCUT2D eigenvalue weighted by atomic mass is 35.6. The maximum atomic E-state index is 12.2. The molecule has 36 heavy (non-hydrogen) atoms. The lowest BCUT2D eigenvalue weighted by Crippen LogP contribution is -2.09. The standard InChI is InChI=1S/C26H25Cl3N4O3/c1-3-5-8-19-15-22(24(34)35-4-2)31-33(19)16-17-11-13-18(14-12-17)20-9-6-7-10-21(20)23-30-25(36-32-23)26(27,28)29/h6-7,9-15H,3-5,8,16H2,1-2H3. The van der Waals surface area contributed by atoms with Gasteiger partial charge in [-0.25, -0.2) is 4.79 Å². The highest BCUT2D eigenvalue weighted by Crippen LogP contribution is 2.39. The van der Waals surface area contributed by atoms with Crippen molar-refractivity contribution in [1.29, 1.82) is 0 Å². The quantitative estimate of drug-likeness (QED) is 0.166. The van der Waals surface area contributed by atoms with E-state index in [2.05, 4.69) is 22.2 Å². The van der Waals surface area contributed by atoms with Crippen LogP contribution in [-0.2, 0) is 21.5 Å². The van der Waals surface area contributed by atoms with Gasteiger partial charge in [-0.15, -0.1) is 0 Å². The number of nitrogens with zero attached hydrogens (tertiary/aromatic N) is 4. The monoisotopic (exact) mass is 546 g/mol. The number of alkyl halides is 3. The highest BCUT2D eigenvalue weighted by Gasteiger charge is 2.31. The summed E-state index contributed by atoms with van der Waals surface area (Å²) < 4.78 is 10.3. The third-order valence-corrected chi connectivity index (χ3v) is 6.05. The minimum absolute atomic E-state index is 0.0899. The zero-order chi connectivity index (χ0) is 25.7. The molecule has 7 nitrogen and oxygen atoms in total. The Balaban J connectivity index is 1.59. The molecule has 0 bridgehead atoms. The molecule has 0 atom stereocenters. The summed E-state index contributed by atoms with van der Waals surface area (Å²) in [5.74, 6) is -0.159. The average Bonchev–Trinajstić information content (AvgIpc) is 3.51. The zero-order valence-corrected chi connectivity index (χ0v) is 22.1. The lowest BCUT2D eigenvalue weighted by molar-refractivity contribution is 0.0518. The van der Waals surface area contributed by atoms with Crippen molar-refractivity contribution in [3.63, 3.8) is 0 Å². The van der Waals surface area contributed by atoms with Crippen LogP contribution in [-0.4, -0.2) is 32.5 Å². The van der Waals surface area contributed by atoms with E-state index in [4.69, 9.17) is 44.1 Å². The van der Waals surface area contributed by atoms with E-state index in [1.54, 1.807) is 6.92 Å². The lowest BCUT2D eigenvalue weighted by Gasteiger charge is -2.10. The predicted octanol–water partition coefficient (Wildman–Crippen LogP) is 6.99. The number of aryl methyl sites for hydroxylation is 1. The van der Waals surface area contributed by atoms with Crippen LogP contribution in [0.3, 0.4) is 0 Å². The SMILES string of the molecule is CCCCc1cc(C(=O)OCC)nn1Cc1ccc(-c2ccccc2-c2noc(C(Cl)(Cl)Cl)n2)cc1. The second kappa shape index (κ2) is 11.5. The number of hydrogen-bond acceptors (Lipinski definition) is 6. The van der Waals surface area contributed by atoms with Gasteiger partial charge in [-0.05, 0) is 42.5 Å². The summed E-state index contributed by atoms with van der Waals surface area (Å²) >= 11 is 17.6. The molecule has 0 fully saturated rings. The van der Waals surface area contributed by atoms with Crippen LogP contribution >= 0.6 is 34.8 Å². The molecular weight excluding hydrogens is 523 g/mol. The first-order valence-corrected chi connectivity index (χ1v) is 12.8. The largest absolute Gasteiger partial charge is 0.461 e. The Morgan fingerprint density at radius 2 is 1.78 bits per heavy atom. The number of aromatic nitrogens is 4. The summed E-state index contributed by atoms with van der Waals surface area (Å²) in [7, 11) is 0. The Hall–Kier alpha value is -2.87. The van der Waals surface area contributed by atoms with E-state index in [0.29, 0.717) is 24.7 Å². The number of ether oxygens (including phenoxy) is 1. The van der Waals surface area contributed by atoms with E-state index >= 15 is 0 Å². The van der Waals surface area contributed by atoms with Crippen molar-refractivity contribution in [3.8, 4) is 22.5 Å². The number of halogens is 3. The second-order valence-corrected chi connectivity index (χ2v) is 10.4. The summed E-state index contributed by atoms with van der Waals surface area (Å²) in [4.78, 5) is 16.5. The summed E-state index contributed by atoms with van der Waals surface area (Å²) in [5, 5.41) is 8.50. The Kier molecular flexibility index (Phi) is 8.34. The average molecular weight is 548 g/mol. The summed E-state index contributed by atoms with van der Waals surface area (Å²) in [6, 6.07) is 17.6. The van der Waals surface area contributed by atoms with E-state index in [0.717, 1.165) is 47.2 Å². The van der Waals surface area contributed by atoms with Gasteiger partial charge in [-0.3, -0.25) is 4.68 Å². The molecule has 188 valence electrons. The van der Waals surface area contributed by atoms with Crippen molar-refractivity contribution < 1.29 is 14.1 Å². The number of esters is 1. The molecule has 0 aliphatic heterocycles. The topological polar surface area (TPSA) is 83.0 Å². The molecule has 0 radical (unpaired) electrons. The molecule has 0 saturated heterocycles. The van der Waals surface area contributed by atoms with Gasteiger partial charge in [-0.1, -0.05) is 102 Å². The molecule has 2 aromatic heterocycles. The molecule has 0 saturated carbocycles. The number of rotatable bonds is 9. The second-order valence-electron chi connectivity index (χ2n) is 8.17. The van der Waals surface area contributed by atoms with Gasteiger partial charge < -0.3 is 9.26 Å². The fourth-order valence-corrected chi connectivity index (χ4v) is 4.03. The van der Waals surface area contributed by atoms with Crippen LogP contribution in [0.15, 0.2) is 59.1 Å². The van der Waals surface area contributed by atoms with E-state index in [1.165, 1.54) is 0 Å². The molecule has 0 amide bonds. The minimum Gasteiger partial charge on any atom is -0.461 e. The molecule has 0 aliphatic carbocycles. The Morgan fingerprint density at radius 1 is 1.06 bits per heavy atom. The summed E-state index contributed by atoms with van der Waals surface area (Å²) in [6.07, 6.45) is 2.91. The van der Waals surface area contributed by atoms with Gasteiger partial charge in [0.15, 0.2) is 5.69 Å². The summed E-state index contributed by atoms with van der Waals surface area (Å²) in [6.45, 7) is 4.77. The number of carbonyl (C=O) groups excluding carboxylic acids is 1. The van der Waals surface area contributed by atoms with Crippen LogP contribution in [0.4, 0.5) is 0 Å². The van der Waals surface area contributed by atoms with E-state index in [-0.39, 0.29) is 5.89 Å². The molecule has 2 heterocycles. The lowest BCUT2D eigenvalue weighted by atomic mass is 9.98. The molecule has 0 unspecified atom stereocenters. The van der Waals surface area contributed by atoms with Crippen LogP contribution in [0.5, 0.6) is 0 Å². The van der Waals surface area contributed by atoms with E-state index < -0.39 is 9.76 Å². The van der Waals surface area contributed by atoms with Gasteiger partial charge in [0.2, 0.25) is 5.82 Å². The van der Waals surface area contributed by atoms with Gasteiger partial charge >= 0.3 is 5.97 Å². The normalized spacial score (nSPS) is 11.6. The van der Waals surface area contributed by atoms with Crippen molar-refractivity contribution in [2.75, 3.05) is 6.61 Å². The minimum atomic E-state index is -1.79. The molecule has 10 heteroatoms. The number of unbranched alkanes of at least 4 members (excludes halogenated alkanes) is 1. The molecule has 0 spiro atoms. The number of benzene rings is 2. The molecule has 2 aromatic carbocycles. The van der Waals surface area contributed by atoms with Gasteiger partial charge in [0.25, 0.3) is 9.68 Å². The van der Waals surface area contributed by atoms with Gasteiger partial charge in [0, 0.05) is 11.3 Å². The fourth-order valence-electron chi connectivity index (χ4n) is 3.80. The highest BCUT2D eigenvalue weighted by molar-refractivity contribution is 6.66. The first-order valence-electron chi connectivity index (χ1n) is 11.6. The zero-order valence-electron chi connectivity index (χ0n) is 19.9. The third-order valence-electron chi connectivity index (χ3n) is 5.57. The first-order chi connectivity index (χ1) is 17.3. The Bertz CT molecular complexity index is 1330. The fraction of sp³-hybridized carbons (Fsp3) is 0.308. The molecular formula is C26H25Cl3N4O3. The number of carbonyl (C=O) groups is 1. The molecule has 0 N–H and O–H groups in total. The predicted molar refractivity (Wildman–Crippen MR) is 140 cm³/mol. The van der Waals surface area contributed by atoms with Crippen molar-refractivity contribution in [3.05, 3.63) is 77.4 Å². The van der Waals surface area contributed by atoms with Crippen LogP contribution in [0.2, 0.25) is 0 Å². The van der Waals surface area contributed by atoms with Gasteiger partial charge in [0.05, 0.1) is 13.2 Å². The maximum Gasteiger partial charge on any atom is 0.358 e. The smallest absolute Gasteiger partial charge is 0.358 e. The number of hydrogen-bond donors (Lipinski definition) is 0. The third kappa shape index (κ3) is 6.09. The van der Waals surface area contributed by atoms with Crippen molar-refractivity contribution in [1.82, 2.24) is 19.9 Å². The first kappa shape index (κ1) is 26.2. The van der Waals surface area contributed by atoms with E-state index in [9.17, 15) is 4.79 Å². The van der Waals surface area contributed by atoms with Crippen molar-refractivity contribution >= 4 is 40.8 Å². The molecule has 4 rings (SSSR count). The Labute approximate surface area is 224 Å². The van der Waals surface area contributed by atoms with Gasteiger partial charge in [0.1, 0.15) is 0 Å². The van der Waals surface area contributed by atoms with Crippen molar-refractivity contribution in [2.24, 2.45) is 0 Å². The molecule has 4 aromatic rings. The van der Waals surface area contributed by atoms with Crippen LogP contribution in [0.25, 0.3) is 22.5 Å². The van der Waals surface area contributed by atoms with E-state index in [1.807, 2.05) is 59.3 Å². The van der Waals surface area contributed by atoms with Crippen molar-refractivity contribution in [2.45, 2.75) is 43.4 Å². The summed E-state index contributed by atoms with van der Waals surface area (Å²) in [5.41, 5.74) is 5.02. The van der Waals surface area contributed by atoms with Crippen LogP contribution in [0, 0.1) is 0 Å². The Morgan fingerprint density at radius 3 is 2.42 bits per heavy atom. The van der Waals surface area contributed by atoms with Crippen LogP contribution in [0.1, 0.15) is 54.3 Å². The van der Waals surface area contributed by atoms with Gasteiger partial charge in [-0.2, -0.15) is 10.1 Å². The van der Waals surface area contributed by atoms with Crippen LogP contribution < -0.4 is 0 Å². The molecule has 0 aliphatic rings. The maximum absolute atomic E-state index is 12.2.